The number of hydrogen-bond acceptors (Lipinski definition) is 5. The quantitative estimate of drug-likeness (QED) is 0.798. The van der Waals surface area contributed by atoms with E-state index in [1.807, 2.05) is 0 Å². The monoisotopic (exact) mass is 290 g/mol. The highest BCUT2D eigenvalue weighted by Crippen LogP contribution is 2.19. The zero-order chi connectivity index (χ0) is 13.2. The van der Waals surface area contributed by atoms with E-state index in [0.717, 1.165) is 25.7 Å². The fraction of sp³-hybridized carbons (Fsp3) is 0.600. The van der Waals surface area contributed by atoms with Crippen LogP contribution in [-0.4, -0.2) is 30.5 Å². The highest BCUT2D eigenvalue weighted by molar-refractivity contribution is 7.89. The highest BCUT2D eigenvalue weighted by Gasteiger charge is 2.24. The lowest BCUT2D eigenvalue weighted by Crippen LogP contribution is -2.40. The minimum absolute atomic E-state index is 0.0255. The lowest BCUT2D eigenvalue weighted by Gasteiger charge is -2.26. The van der Waals surface area contributed by atoms with Crippen molar-refractivity contribution in [1.29, 1.82) is 0 Å². The van der Waals surface area contributed by atoms with Crippen molar-refractivity contribution in [3.63, 3.8) is 0 Å². The Morgan fingerprint density at radius 3 is 2.33 bits per heavy atom. The van der Waals surface area contributed by atoms with Gasteiger partial charge in [-0.15, -0.1) is 0 Å². The Bertz CT molecular complexity index is 497. The van der Waals surface area contributed by atoms with E-state index >= 15 is 0 Å². The summed E-state index contributed by atoms with van der Waals surface area (Å²) < 4.78 is 26.7. The van der Waals surface area contributed by atoms with Gasteiger partial charge in [0.05, 0.1) is 12.4 Å². The summed E-state index contributed by atoms with van der Waals surface area (Å²) in [5.74, 6) is 0. The summed E-state index contributed by atoms with van der Waals surface area (Å²) in [5.41, 5.74) is 5.78. The summed E-state index contributed by atoms with van der Waals surface area (Å²) in [6.07, 6.45) is 5.59. The zero-order valence-electron chi connectivity index (χ0n) is 9.71. The number of nitrogens with two attached hydrogens (primary N) is 1. The van der Waals surface area contributed by atoms with E-state index in [-0.39, 0.29) is 22.3 Å². The van der Waals surface area contributed by atoms with Crippen molar-refractivity contribution in [3.8, 4) is 0 Å². The second-order valence-corrected chi connectivity index (χ2v) is 6.47. The Labute approximate surface area is 111 Å². The molecule has 8 heteroatoms. The van der Waals surface area contributed by atoms with Crippen LogP contribution in [0.3, 0.4) is 0 Å². The van der Waals surface area contributed by atoms with Crippen LogP contribution in [0.25, 0.3) is 0 Å². The predicted octanol–water partition coefficient (Wildman–Crippen LogP) is 0.678. The standard InChI is InChI=1S/C10H15ClN4O2S/c11-10-13-5-9(6-14-10)18(16,17)15-8-3-1-7(12)2-4-8/h5-8,15H,1-4,12H2. The van der Waals surface area contributed by atoms with Crippen LogP contribution in [0.1, 0.15) is 25.7 Å². The molecule has 2 rings (SSSR count). The zero-order valence-corrected chi connectivity index (χ0v) is 11.3. The molecule has 6 nitrogen and oxygen atoms in total. The molecule has 0 unspecified atom stereocenters. The second-order valence-electron chi connectivity index (χ2n) is 4.42. The third kappa shape index (κ3) is 3.38. The molecule has 1 aromatic heterocycles. The van der Waals surface area contributed by atoms with Crippen LogP contribution in [0.2, 0.25) is 5.28 Å². The molecule has 0 atom stereocenters. The van der Waals surface area contributed by atoms with Gasteiger partial charge in [-0.1, -0.05) is 0 Å². The molecular weight excluding hydrogens is 276 g/mol. The predicted molar refractivity (Wildman–Crippen MR) is 67.6 cm³/mol. The molecule has 0 spiro atoms. The van der Waals surface area contributed by atoms with Crippen molar-refractivity contribution in [2.45, 2.75) is 42.7 Å². The van der Waals surface area contributed by atoms with E-state index in [1.165, 1.54) is 12.4 Å². The van der Waals surface area contributed by atoms with Gasteiger partial charge in [0.15, 0.2) is 0 Å². The molecular formula is C10H15ClN4O2S. The van der Waals surface area contributed by atoms with Gasteiger partial charge in [-0.05, 0) is 37.3 Å². The van der Waals surface area contributed by atoms with E-state index in [4.69, 9.17) is 17.3 Å². The maximum absolute atomic E-state index is 12.0. The van der Waals surface area contributed by atoms with E-state index in [0.29, 0.717) is 0 Å². The molecule has 0 aliphatic heterocycles. The maximum Gasteiger partial charge on any atom is 0.243 e. The molecule has 100 valence electrons. The lowest BCUT2D eigenvalue weighted by atomic mass is 9.93. The summed E-state index contributed by atoms with van der Waals surface area (Å²) in [6.45, 7) is 0. The summed E-state index contributed by atoms with van der Waals surface area (Å²) in [5, 5.41) is 0.0255. The molecule has 1 aliphatic rings. The average molecular weight is 291 g/mol. The molecule has 1 aromatic rings. The number of nitrogens with zero attached hydrogens (tertiary/aromatic N) is 2. The van der Waals surface area contributed by atoms with Crippen molar-refractivity contribution in [2.24, 2.45) is 5.73 Å². The van der Waals surface area contributed by atoms with E-state index in [2.05, 4.69) is 14.7 Å². The molecule has 1 heterocycles. The van der Waals surface area contributed by atoms with E-state index < -0.39 is 10.0 Å². The van der Waals surface area contributed by atoms with Crippen molar-refractivity contribution in [1.82, 2.24) is 14.7 Å². The number of sulfonamides is 1. The fourth-order valence-corrected chi connectivity index (χ4v) is 3.25. The smallest absolute Gasteiger partial charge is 0.243 e. The highest BCUT2D eigenvalue weighted by atomic mass is 35.5. The Kier molecular flexibility index (Phi) is 4.16. The van der Waals surface area contributed by atoms with Crippen LogP contribution in [0.15, 0.2) is 17.3 Å². The summed E-state index contributed by atoms with van der Waals surface area (Å²) in [7, 11) is -3.57. The Balaban J connectivity index is 2.05. The molecule has 0 radical (unpaired) electrons. The Morgan fingerprint density at radius 2 is 1.78 bits per heavy atom. The van der Waals surface area contributed by atoms with Gasteiger partial charge in [0, 0.05) is 12.1 Å². The topological polar surface area (TPSA) is 98.0 Å². The van der Waals surface area contributed by atoms with Gasteiger partial charge in [0.1, 0.15) is 4.90 Å². The largest absolute Gasteiger partial charge is 0.328 e. The minimum atomic E-state index is -3.57. The number of nitrogens with one attached hydrogen (secondary N) is 1. The SMILES string of the molecule is NC1CCC(NS(=O)(=O)c2cnc(Cl)nc2)CC1. The molecule has 18 heavy (non-hydrogen) atoms. The van der Waals surface area contributed by atoms with Crippen molar-refractivity contribution in [2.75, 3.05) is 0 Å². The van der Waals surface area contributed by atoms with Crippen LogP contribution in [0.4, 0.5) is 0 Å². The number of halogens is 1. The van der Waals surface area contributed by atoms with Crippen LogP contribution in [0, 0.1) is 0 Å². The second kappa shape index (κ2) is 5.48. The van der Waals surface area contributed by atoms with Crippen molar-refractivity contribution < 1.29 is 8.42 Å². The average Bonchev–Trinajstić information content (AvgIpc) is 2.32. The molecule has 0 aromatic carbocycles. The van der Waals surface area contributed by atoms with E-state index in [1.54, 1.807) is 0 Å². The molecule has 0 saturated heterocycles. The van der Waals surface area contributed by atoms with Gasteiger partial charge in [0.25, 0.3) is 0 Å². The van der Waals surface area contributed by atoms with Crippen LogP contribution in [0.5, 0.6) is 0 Å². The summed E-state index contributed by atoms with van der Waals surface area (Å²) in [4.78, 5) is 7.36. The Hall–Kier alpha value is -0.760. The third-order valence-electron chi connectivity index (χ3n) is 3.00. The molecule has 0 bridgehead atoms. The van der Waals surface area contributed by atoms with Crippen molar-refractivity contribution in [3.05, 3.63) is 17.7 Å². The summed E-state index contributed by atoms with van der Waals surface area (Å²) >= 11 is 5.52. The van der Waals surface area contributed by atoms with Gasteiger partial charge in [0.2, 0.25) is 15.3 Å². The van der Waals surface area contributed by atoms with E-state index in [9.17, 15) is 8.42 Å². The van der Waals surface area contributed by atoms with Gasteiger partial charge in [-0.3, -0.25) is 0 Å². The molecule has 3 N–H and O–H groups in total. The molecule has 1 aliphatic carbocycles. The normalized spacial score (nSPS) is 25.0. The van der Waals surface area contributed by atoms with Gasteiger partial charge >= 0.3 is 0 Å². The van der Waals surface area contributed by atoms with Gasteiger partial charge in [-0.2, -0.15) is 0 Å². The number of rotatable bonds is 3. The third-order valence-corrected chi connectivity index (χ3v) is 4.67. The van der Waals surface area contributed by atoms with Crippen molar-refractivity contribution >= 4 is 21.6 Å². The first-order valence-corrected chi connectivity index (χ1v) is 7.59. The fourth-order valence-electron chi connectivity index (χ4n) is 1.96. The minimum Gasteiger partial charge on any atom is -0.328 e. The molecule has 1 fully saturated rings. The number of aromatic nitrogens is 2. The first kappa shape index (κ1) is 13.7. The molecule has 0 amide bonds. The lowest BCUT2D eigenvalue weighted by molar-refractivity contribution is 0.373. The van der Waals surface area contributed by atoms with Gasteiger partial charge < -0.3 is 5.73 Å². The first-order valence-electron chi connectivity index (χ1n) is 5.73. The van der Waals surface area contributed by atoms with Gasteiger partial charge in [-0.25, -0.2) is 23.1 Å². The Morgan fingerprint density at radius 1 is 1.22 bits per heavy atom. The molecule has 1 saturated carbocycles. The first-order chi connectivity index (χ1) is 8.47. The summed E-state index contributed by atoms with van der Waals surface area (Å²) in [6, 6.07) is 0.120. The van der Waals surface area contributed by atoms with Crippen LogP contribution < -0.4 is 10.5 Å². The van der Waals surface area contributed by atoms with Crippen LogP contribution in [-0.2, 0) is 10.0 Å². The maximum atomic E-state index is 12.0. The number of hydrogen-bond donors (Lipinski definition) is 2. The van der Waals surface area contributed by atoms with Crippen LogP contribution >= 0.6 is 11.6 Å².